The van der Waals surface area contributed by atoms with Crippen molar-refractivity contribution in [2.45, 2.75) is 6.54 Å². The molecule has 27 heavy (non-hydrogen) atoms. The van der Waals surface area contributed by atoms with Crippen molar-refractivity contribution in [3.05, 3.63) is 83.9 Å². The highest BCUT2D eigenvalue weighted by atomic mass is 35.5. The third-order valence-electron chi connectivity index (χ3n) is 4.31. The Hall–Kier alpha value is -3.09. The van der Waals surface area contributed by atoms with Crippen LogP contribution < -0.4 is 17.7 Å². The minimum Gasteiger partial charge on any atom is -1.00 e. The average Bonchev–Trinajstić information content (AvgIpc) is 3.11. The van der Waals surface area contributed by atoms with Crippen molar-refractivity contribution in [3.63, 3.8) is 0 Å². The van der Waals surface area contributed by atoms with Gasteiger partial charge in [-0.3, -0.25) is 10.1 Å². The number of nitrogens with two attached hydrogens (primary N) is 1. The molecule has 0 spiro atoms. The molecule has 0 aliphatic carbocycles. The molecule has 0 saturated carbocycles. The van der Waals surface area contributed by atoms with Crippen molar-refractivity contribution in [3.8, 4) is 0 Å². The molecule has 6 nitrogen and oxygen atoms in total. The lowest BCUT2D eigenvalue weighted by Gasteiger charge is -2.06. The van der Waals surface area contributed by atoms with Gasteiger partial charge in [-0.1, -0.05) is 54.6 Å². The van der Waals surface area contributed by atoms with E-state index in [-0.39, 0.29) is 18.2 Å². The molecule has 2 aromatic carbocycles. The maximum absolute atomic E-state index is 12.5. The Balaban J connectivity index is 0.00000210. The molecule has 0 atom stereocenters. The molecule has 2 N–H and O–H groups in total. The van der Waals surface area contributed by atoms with Crippen molar-refractivity contribution < 1.29 is 22.5 Å². The third-order valence-corrected chi connectivity index (χ3v) is 4.31. The number of hydrogen-bond donors (Lipinski definition) is 1. The van der Waals surface area contributed by atoms with Gasteiger partial charge in [0.25, 0.3) is 5.82 Å². The van der Waals surface area contributed by atoms with E-state index in [2.05, 4.69) is 15.0 Å². The largest absolute Gasteiger partial charge is 1.00 e. The Labute approximate surface area is 162 Å². The predicted molar refractivity (Wildman–Crippen MR) is 98.3 cm³/mol. The second-order valence-electron chi connectivity index (χ2n) is 5.98. The Kier molecular flexibility index (Phi) is 5.59. The molecule has 0 saturated heterocycles. The number of imidazole rings is 1. The normalized spacial score (nSPS) is 10.6. The number of nitrogens with zero attached hydrogens (tertiary/aromatic N) is 4. The van der Waals surface area contributed by atoms with E-state index in [1.54, 1.807) is 12.7 Å². The fraction of sp³-hybridized carbons (Fsp3) is 0.100. The molecule has 0 aliphatic rings. The molecule has 0 radical (unpaired) electrons. The fourth-order valence-electron chi connectivity index (χ4n) is 2.94. The van der Waals surface area contributed by atoms with Gasteiger partial charge in [-0.15, -0.1) is 0 Å². The molecular weight excluding hydrogens is 362 g/mol. The van der Waals surface area contributed by atoms with Crippen LogP contribution in [0.15, 0.2) is 67.3 Å². The minimum atomic E-state index is 0. The molecule has 0 amide bonds. The monoisotopic (exact) mass is 379 g/mol. The Bertz CT molecular complexity index is 1060. The van der Waals surface area contributed by atoms with Crippen LogP contribution in [0.1, 0.15) is 21.5 Å². The standard InChI is InChI=1S/C20H17N5O.ClH/c1-21-19-17-20(23-12-22-19)25(13-24-17)11-14-7-9-16(10-8-14)18(26)15-5-3-2-4-6-15;/h2-10,12-13H,11H2,1H3,(H,21,22,23);1H. The van der Waals surface area contributed by atoms with Gasteiger partial charge in [0.05, 0.1) is 19.9 Å². The molecule has 2 aromatic heterocycles. The molecule has 0 fully saturated rings. The van der Waals surface area contributed by atoms with Gasteiger partial charge in [-0.2, -0.15) is 4.98 Å². The first-order valence-corrected chi connectivity index (χ1v) is 8.40. The van der Waals surface area contributed by atoms with Gasteiger partial charge in [0, 0.05) is 11.1 Å². The van der Waals surface area contributed by atoms with Gasteiger partial charge < -0.3 is 17.0 Å². The maximum atomic E-state index is 12.5. The van der Waals surface area contributed by atoms with E-state index in [0.29, 0.717) is 17.7 Å². The molecule has 0 bridgehead atoms. The molecule has 4 aromatic rings. The number of aromatic nitrogens is 4. The Morgan fingerprint density at radius 3 is 2.37 bits per heavy atom. The first-order valence-electron chi connectivity index (χ1n) is 8.40. The van der Waals surface area contributed by atoms with Crippen LogP contribution in [0.3, 0.4) is 0 Å². The predicted octanol–water partition coefficient (Wildman–Crippen LogP) is -1.07. The fourth-order valence-corrected chi connectivity index (χ4v) is 2.94. The number of quaternary nitrogens is 1. The summed E-state index contributed by atoms with van der Waals surface area (Å²) in [5, 5.41) is 1.92. The van der Waals surface area contributed by atoms with Crippen LogP contribution in [0.25, 0.3) is 11.2 Å². The zero-order valence-corrected chi connectivity index (χ0v) is 15.5. The van der Waals surface area contributed by atoms with E-state index < -0.39 is 0 Å². The smallest absolute Gasteiger partial charge is 0.255 e. The van der Waals surface area contributed by atoms with Crippen molar-refractivity contribution in [1.82, 2.24) is 19.5 Å². The van der Waals surface area contributed by atoms with E-state index in [1.165, 1.54) is 0 Å². The number of fused-ring (bicyclic) bond motifs is 1. The number of hydrogen-bond acceptors (Lipinski definition) is 4. The van der Waals surface area contributed by atoms with Gasteiger partial charge in [0.1, 0.15) is 6.33 Å². The third kappa shape index (κ3) is 3.72. The highest BCUT2D eigenvalue weighted by Crippen LogP contribution is 2.16. The molecule has 136 valence electrons. The van der Waals surface area contributed by atoms with E-state index in [0.717, 1.165) is 22.5 Å². The van der Waals surface area contributed by atoms with Crippen molar-refractivity contribution in [1.29, 1.82) is 0 Å². The Morgan fingerprint density at radius 1 is 0.963 bits per heavy atom. The van der Waals surface area contributed by atoms with Gasteiger partial charge in [0.2, 0.25) is 0 Å². The molecule has 4 rings (SSSR count). The topological polar surface area (TPSA) is 77.3 Å². The number of benzene rings is 2. The van der Waals surface area contributed by atoms with Crippen LogP contribution in [0, 0.1) is 0 Å². The molecule has 2 heterocycles. The summed E-state index contributed by atoms with van der Waals surface area (Å²) in [6.07, 6.45) is 3.33. The molecule has 0 unspecified atom stereocenters. The maximum Gasteiger partial charge on any atom is 0.255 e. The van der Waals surface area contributed by atoms with Gasteiger partial charge in [0.15, 0.2) is 16.9 Å². The summed E-state index contributed by atoms with van der Waals surface area (Å²) in [7, 11) is 1.93. The lowest BCUT2D eigenvalue weighted by atomic mass is 10.0. The molecular formula is C20H18ClN5O. The van der Waals surface area contributed by atoms with Crippen molar-refractivity contribution >= 4 is 22.8 Å². The second-order valence-corrected chi connectivity index (χ2v) is 5.98. The SMILES string of the molecule is C[NH2+]c1ncnc2c1ncn2Cc1ccc(C(=O)c2ccccc2)cc1.[Cl-]. The Morgan fingerprint density at radius 2 is 1.67 bits per heavy atom. The summed E-state index contributed by atoms with van der Waals surface area (Å²) in [6.45, 7) is 0.635. The zero-order chi connectivity index (χ0) is 17.9. The molecule has 7 heteroatoms. The lowest BCUT2D eigenvalue weighted by Crippen LogP contribution is -3.00. The summed E-state index contributed by atoms with van der Waals surface area (Å²) in [5.41, 5.74) is 4.06. The first kappa shape index (κ1) is 18.7. The summed E-state index contributed by atoms with van der Waals surface area (Å²) in [5.74, 6) is 0.860. The van der Waals surface area contributed by atoms with Crippen LogP contribution >= 0.6 is 0 Å². The van der Waals surface area contributed by atoms with E-state index >= 15 is 0 Å². The van der Waals surface area contributed by atoms with E-state index in [4.69, 9.17) is 0 Å². The van der Waals surface area contributed by atoms with Crippen LogP contribution in [-0.4, -0.2) is 32.3 Å². The van der Waals surface area contributed by atoms with Gasteiger partial charge in [-0.25, -0.2) is 9.97 Å². The van der Waals surface area contributed by atoms with Crippen LogP contribution in [0.2, 0.25) is 0 Å². The summed E-state index contributed by atoms with van der Waals surface area (Å²) >= 11 is 0. The van der Waals surface area contributed by atoms with Crippen molar-refractivity contribution in [2.75, 3.05) is 7.05 Å². The zero-order valence-electron chi connectivity index (χ0n) is 14.7. The van der Waals surface area contributed by atoms with Crippen LogP contribution in [-0.2, 0) is 6.54 Å². The average molecular weight is 380 g/mol. The quantitative estimate of drug-likeness (QED) is 0.448. The van der Waals surface area contributed by atoms with Crippen LogP contribution in [0.4, 0.5) is 5.82 Å². The van der Waals surface area contributed by atoms with Gasteiger partial charge >= 0.3 is 0 Å². The summed E-state index contributed by atoms with van der Waals surface area (Å²) in [4.78, 5) is 25.5. The van der Waals surface area contributed by atoms with Gasteiger partial charge in [-0.05, 0) is 5.56 Å². The highest BCUT2D eigenvalue weighted by Gasteiger charge is 2.12. The second kappa shape index (κ2) is 8.07. The molecule has 0 aliphatic heterocycles. The number of ketones is 1. The van der Waals surface area contributed by atoms with Crippen molar-refractivity contribution in [2.24, 2.45) is 0 Å². The summed E-state index contributed by atoms with van der Waals surface area (Å²) < 4.78 is 1.98. The number of carbonyl (C=O) groups is 1. The summed E-state index contributed by atoms with van der Waals surface area (Å²) in [6, 6.07) is 17.0. The number of halogens is 1. The number of carbonyl (C=O) groups excluding carboxylic acids is 1. The van der Waals surface area contributed by atoms with E-state index in [9.17, 15) is 4.79 Å². The highest BCUT2D eigenvalue weighted by molar-refractivity contribution is 6.08. The minimum absolute atomic E-state index is 0. The van der Waals surface area contributed by atoms with Crippen LogP contribution in [0.5, 0.6) is 0 Å². The lowest BCUT2D eigenvalue weighted by molar-refractivity contribution is -0.541. The van der Waals surface area contributed by atoms with E-state index in [1.807, 2.05) is 71.5 Å². The number of rotatable bonds is 5. The first-order chi connectivity index (χ1) is 12.8.